The molecule has 1 heterocycles. The number of hydrogen-bond acceptors (Lipinski definition) is 7. The van der Waals surface area contributed by atoms with Gasteiger partial charge < -0.3 is 30.1 Å². The Labute approximate surface area is 282 Å². The molecule has 0 aliphatic carbocycles. The van der Waals surface area contributed by atoms with Crippen molar-refractivity contribution in [1.82, 2.24) is 9.21 Å². The first-order valence-electron chi connectivity index (χ1n) is 16.1. The highest BCUT2D eigenvalue weighted by molar-refractivity contribution is 7.89. The zero-order chi connectivity index (χ0) is 34.8. The maximum absolute atomic E-state index is 14.3. The van der Waals surface area contributed by atoms with E-state index in [-0.39, 0.29) is 42.2 Å². The van der Waals surface area contributed by atoms with E-state index >= 15 is 0 Å². The van der Waals surface area contributed by atoms with Crippen LogP contribution >= 0.6 is 0 Å². The van der Waals surface area contributed by atoms with Gasteiger partial charge in [0.25, 0.3) is 5.91 Å². The number of carbonyl (C=O) groups excluding carboxylic acids is 2. The minimum Gasteiger partial charge on any atom is -0.490 e. The second kappa shape index (κ2) is 16.9. The molecule has 4 atom stereocenters. The van der Waals surface area contributed by atoms with Crippen LogP contribution in [0.2, 0.25) is 0 Å². The lowest BCUT2D eigenvalue weighted by Gasteiger charge is -2.35. The molecule has 0 bridgehead atoms. The Hall–Kier alpha value is -4.04. The number of aliphatic hydroxyl groups excluding tert-OH is 1. The van der Waals surface area contributed by atoms with Gasteiger partial charge >= 0.3 is 6.03 Å². The van der Waals surface area contributed by atoms with E-state index in [1.54, 1.807) is 49.4 Å². The predicted octanol–water partition coefficient (Wildman–Crippen LogP) is 5.59. The zero-order valence-corrected chi connectivity index (χ0v) is 28.6. The van der Waals surface area contributed by atoms with Crippen molar-refractivity contribution in [3.63, 3.8) is 0 Å². The van der Waals surface area contributed by atoms with E-state index in [9.17, 15) is 27.5 Å². The van der Waals surface area contributed by atoms with Crippen LogP contribution in [0.5, 0.6) is 5.75 Å². The molecular formula is C35H45FN4O7S. The van der Waals surface area contributed by atoms with E-state index in [2.05, 4.69) is 10.6 Å². The van der Waals surface area contributed by atoms with Crippen molar-refractivity contribution in [2.45, 2.75) is 63.2 Å². The number of carbonyl (C=O) groups is 2. The summed E-state index contributed by atoms with van der Waals surface area (Å²) in [7, 11) is -2.52. The molecular weight excluding hydrogens is 639 g/mol. The lowest BCUT2D eigenvalue weighted by molar-refractivity contribution is -0.00834. The molecule has 3 amide bonds. The standard InChI is InChI=1S/C35H45FN4O7S/c1-24-21-40(25(2)23-41)34(42)31-20-29(38-35(43)37-28-11-6-5-7-12-28)15-18-32(31)47-26(3)10-8-9-19-46-33(24)22-39(4)48(44,45)30-16-13-27(36)14-17-30/h5-7,11-18,20,24-26,33,41H,8-10,19,21-23H2,1-4H3,(H2,37,38,43)/t24-,25+,26+,33-/m1/s1. The summed E-state index contributed by atoms with van der Waals surface area (Å²) in [6.45, 7) is 5.64. The van der Waals surface area contributed by atoms with Gasteiger partial charge in [0.2, 0.25) is 10.0 Å². The van der Waals surface area contributed by atoms with Gasteiger partial charge in [0.15, 0.2) is 0 Å². The van der Waals surface area contributed by atoms with Crippen LogP contribution in [0.1, 0.15) is 50.4 Å². The largest absolute Gasteiger partial charge is 0.490 e. The van der Waals surface area contributed by atoms with Gasteiger partial charge in [-0.05, 0) is 87.7 Å². The molecule has 0 spiro atoms. The van der Waals surface area contributed by atoms with Gasteiger partial charge in [0, 0.05) is 44.0 Å². The number of sulfonamides is 1. The molecule has 3 aromatic rings. The summed E-state index contributed by atoms with van der Waals surface area (Å²) in [6, 6.07) is 17.4. The number of aliphatic hydroxyl groups is 1. The second-order valence-corrected chi connectivity index (χ2v) is 14.2. The van der Waals surface area contributed by atoms with Gasteiger partial charge in [-0.3, -0.25) is 4.79 Å². The first-order valence-corrected chi connectivity index (χ1v) is 17.5. The van der Waals surface area contributed by atoms with Crippen molar-refractivity contribution in [1.29, 1.82) is 0 Å². The average molecular weight is 685 g/mol. The fourth-order valence-corrected chi connectivity index (χ4v) is 6.60. The van der Waals surface area contributed by atoms with Gasteiger partial charge in [-0.2, -0.15) is 4.31 Å². The van der Waals surface area contributed by atoms with Gasteiger partial charge in [0.1, 0.15) is 11.6 Å². The number of amides is 3. The van der Waals surface area contributed by atoms with Gasteiger partial charge in [-0.25, -0.2) is 17.6 Å². The predicted molar refractivity (Wildman–Crippen MR) is 182 cm³/mol. The number of benzene rings is 3. The van der Waals surface area contributed by atoms with Crippen molar-refractivity contribution in [3.05, 3.63) is 84.2 Å². The molecule has 0 fully saturated rings. The summed E-state index contributed by atoms with van der Waals surface area (Å²) in [5.41, 5.74) is 1.18. The number of halogens is 1. The van der Waals surface area contributed by atoms with E-state index in [1.165, 1.54) is 28.4 Å². The van der Waals surface area contributed by atoms with Crippen LogP contribution in [0, 0.1) is 11.7 Å². The first kappa shape index (κ1) is 36.8. The number of hydrogen-bond donors (Lipinski definition) is 3. The number of ether oxygens (including phenoxy) is 2. The topological polar surface area (TPSA) is 138 Å². The molecule has 0 saturated carbocycles. The van der Waals surface area contributed by atoms with Crippen molar-refractivity contribution in [2.75, 3.05) is 44.0 Å². The first-order chi connectivity index (χ1) is 22.9. The molecule has 1 aliphatic heterocycles. The summed E-state index contributed by atoms with van der Waals surface area (Å²) >= 11 is 0. The van der Waals surface area contributed by atoms with E-state index in [0.29, 0.717) is 36.6 Å². The lowest BCUT2D eigenvalue weighted by atomic mass is 10.0. The smallest absolute Gasteiger partial charge is 0.323 e. The SMILES string of the molecule is C[C@@H]1CN([C@@H](C)CO)C(=O)c2cc(NC(=O)Nc3ccccc3)ccc2O[C@@H](C)CCCCO[C@@H]1CN(C)S(=O)(=O)c1ccc(F)cc1. The Morgan fingerprint density at radius 2 is 1.73 bits per heavy atom. The van der Waals surface area contributed by atoms with Crippen LogP contribution in [0.4, 0.5) is 20.6 Å². The van der Waals surface area contributed by atoms with Crippen LogP contribution < -0.4 is 15.4 Å². The van der Waals surface area contributed by atoms with Crippen molar-refractivity contribution in [2.24, 2.45) is 5.92 Å². The fourth-order valence-electron chi connectivity index (χ4n) is 5.42. The lowest BCUT2D eigenvalue weighted by Crippen LogP contribution is -2.48. The van der Waals surface area contributed by atoms with E-state index < -0.39 is 39.9 Å². The number of urea groups is 1. The van der Waals surface area contributed by atoms with Crippen LogP contribution in [0.25, 0.3) is 0 Å². The van der Waals surface area contributed by atoms with E-state index in [4.69, 9.17) is 9.47 Å². The molecule has 0 aromatic heterocycles. The number of anilines is 2. The number of rotatable bonds is 8. The minimum absolute atomic E-state index is 0.0168. The summed E-state index contributed by atoms with van der Waals surface area (Å²) in [5, 5.41) is 15.7. The van der Waals surface area contributed by atoms with Crippen molar-refractivity contribution >= 4 is 33.3 Å². The summed E-state index contributed by atoms with van der Waals surface area (Å²) in [5.74, 6) is -1.000. The summed E-state index contributed by atoms with van der Waals surface area (Å²) in [4.78, 5) is 28.6. The summed E-state index contributed by atoms with van der Waals surface area (Å²) in [6.07, 6.45) is 1.28. The number of para-hydroxylation sites is 1. The zero-order valence-electron chi connectivity index (χ0n) is 27.8. The van der Waals surface area contributed by atoms with Crippen molar-refractivity contribution < 1.29 is 37.0 Å². The quantitative estimate of drug-likeness (QED) is 0.282. The number of fused-ring (bicyclic) bond motifs is 1. The second-order valence-electron chi connectivity index (χ2n) is 12.2. The van der Waals surface area contributed by atoms with E-state index in [1.807, 2.05) is 19.9 Å². The molecule has 48 heavy (non-hydrogen) atoms. The molecule has 3 aromatic carbocycles. The highest BCUT2D eigenvalue weighted by atomic mass is 32.2. The molecule has 0 saturated heterocycles. The molecule has 1 aliphatic rings. The molecule has 13 heteroatoms. The third-order valence-corrected chi connectivity index (χ3v) is 10.1. The maximum atomic E-state index is 14.3. The monoisotopic (exact) mass is 684 g/mol. The normalized spacial score (nSPS) is 20.3. The number of nitrogens with one attached hydrogen (secondary N) is 2. The Morgan fingerprint density at radius 3 is 2.42 bits per heavy atom. The highest BCUT2D eigenvalue weighted by Crippen LogP contribution is 2.29. The Bertz CT molecular complexity index is 1630. The van der Waals surface area contributed by atoms with Crippen LogP contribution in [-0.2, 0) is 14.8 Å². The van der Waals surface area contributed by atoms with Crippen LogP contribution in [0.15, 0.2) is 77.7 Å². The Kier molecular flexibility index (Phi) is 12.9. The average Bonchev–Trinajstić information content (AvgIpc) is 3.06. The van der Waals surface area contributed by atoms with Crippen LogP contribution in [0.3, 0.4) is 0 Å². The van der Waals surface area contributed by atoms with Gasteiger partial charge in [0.05, 0.1) is 35.3 Å². The third kappa shape index (κ3) is 9.75. The molecule has 4 rings (SSSR count). The molecule has 0 unspecified atom stereocenters. The number of nitrogens with zero attached hydrogens (tertiary/aromatic N) is 2. The highest BCUT2D eigenvalue weighted by Gasteiger charge is 2.32. The molecule has 11 nitrogen and oxygen atoms in total. The number of likely N-dealkylation sites (N-methyl/N-ethyl adjacent to an activating group) is 1. The molecule has 0 radical (unpaired) electrons. The fraction of sp³-hybridized carbons (Fsp3) is 0.429. The summed E-state index contributed by atoms with van der Waals surface area (Å²) < 4.78 is 53.9. The Morgan fingerprint density at radius 1 is 1.04 bits per heavy atom. The molecule has 3 N–H and O–H groups in total. The van der Waals surface area contributed by atoms with Gasteiger partial charge in [-0.15, -0.1) is 0 Å². The van der Waals surface area contributed by atoms with Crippen molar-refractivity contribution in [3.8, 4) is 5.75 Å². The third-order valence-electron chi connectivity index (χ3n) is 8.30. The van der Waals surface area contributed by atoms with Crippen LogP contribution in [-0.4, -0.2) is 86.3 Å². The Balaban J connectivity index is 1.62. The van der Waals surface area contributed by atoms with E-state index in [0.717, 1.165) is 18.6 Å². The minimum atomic E-state index is -3.96. The molecule has 260 valence electrons. The van der Waals surface area contributed by atoms with Gasteiger partial charge in [-0.1, -0.05) is 25.1 Å². The maximum Gasteiger partial charge on any atom is 0.323 e.